The number of hydrogen-bond donors (Lipinski definition) is 8. The highest BCUT2D eigenvalue weighted by atomic mass is 16.3. The van der Waals surface area contributed by atoms with E-state index in [0.717, 1.165) is 17.5 Å². The number of unbranched alkanes of at least 4 members (excludes halogenated alkanes) is 1. The van der Waals surface area contributed by atoms with Gasteiger partial charge in [-0.1, -0.05) is 12.1 Å². The van der Waals surface area contributed by atoms with Gasteiger partial charge in [-0.15, -0.1) is 0 Å². The molecular weight excluding hydrogens is 488 g/mol. The molecule has 3 atom stereocenters. The van der Waals surface area contributed by atoms with Crippen LogP contribution >= 0.6 is 0 Å². The van der Waals surface area contributed by atoms with Crippen LogP contribution in [0.15, 0.2) is 36.4 Å². The number of benzene rings is 2. The SMILES string of the molecule is NCCCCNC(=O)[C@H]1Cc2cc(ccc2O)-c2ccc(O)c(c2)C[C@H](N)C(=O)N[C@H](CCCN)C(=O)N1. The summed E-state index contributed by atoms with van der Waals surface area (Å²) in [4.78, 5) is 39.4. The van der Waals surface area contributed by atoms with Gasteiger partial charge in [0.25, 0.3) is 0 Å². The van der Waals surface area contributed by atoms with Gasteiger partial charge in [-0.2, -0.15) is 0 Å². The standard InChI is InChI=1S/C27H38N6O5/c28-9-1-2-11-31-26(37)22-15-19-13-17(6-8-24(19)35)16-5-7-23(34)18(12-16)14-20(30)25(36)32-21(4-3-10-29)27(38)33-22/h5-8,12-13,20-22,34-35H,1-4,9-11,14-15,28-30H2,(H,31,37)(H,32,36)(H,33,38)/t20-,21+,22+/m0/s1. The molecule has 3 rings (SSSR count). The Morgan fingerprint density at radius 3 is 2.08 bits per heavy atom. The Kier molecular flexibility index (Phi) is 10.5. The highest BCUT2D eigenvalue weighted by Crippen LogP contribution is 2.30. The van der Waals surface area contributed by atoms with Gasteiger partial charge in [0, 0.05) is 19.4 Å². The second-order valence-corrected chi connectivity index (χ2v) is 9.54. The molecule has 11 N–H and O–H groups in total. The molecule has 38 heavy (non-hydrogen) atoms. The summed E-state index contributed by atoms with van der Waals surface area (Å²) in [6, 6.07) is 6.90. The molecule has 0 fully saturated rings. The normalized spacial score (nSPS) is 20.0. The molecule has 11 nitrogen and oxygen atoms in total. The first-order valence-corrected chi connectivity index (χ1v) is 12.9. The second kappa shape index (κ2) is 13.8. The Labute approximate surface area is 222 Å². The molecule has 1 aliphatic heterocycles. The lowest BCUT2D eigenvalue weighted by Gasteiger charge is -2.24. The number of carbonyl (C=O) groups is 3. The minimum absolute atomic E-state index is 0.0101. The third kappa shape index (κ3) is 7.67. The smallest absolute Gasteiger partial charge is 0.243 e. The van der Waals surface area contributed by atoms with E-state index in [1.54, 1.807) is 24.3 Å². The summed E-state index contributed by atoms with van der Waals surface area (Å²) in [6.45, 7) is 1.19. The predicted octanol–water partition coefficient (Wildman–Crippen LogP) is -0.246. The van der Waals surface area contributed by atoms with Crippen LogP contribution in [0.1, 0.15) is 36.8 Å². The molecule has 3 amide bonds. The van der Waals surface area contributed by atoms with Crippen molar-refractivity contribution in [1.29, 1.82) is 0 Å². The van der Waals surface area contributed by atoms with Crippen molar-refractivity contribution in [2.24, 2.45) is 17.2 Å². The van der Waals surface area contributed by atoms with Crippen molar-refractivity contribution >= 4 is 17.7 Å². The molecule has 11 heteroatoms. The number of rotatable bonds is 8. The number of aromatic hydroxyl groups is 2. The number of amides is 3. The summed E-state index contributed by atoms with van der Waals surface area (Å²) in [6.07, 6.45) is 2.16. The lowest BCUT2D eigenvalue weighted by molar-refractivity contribution is -0.132. The minimum atomic E-state index is -1.04. The van der Waals surface area contributed by atoms with Crippen LogP contribution in [0.4, 0.5) is 0 Å². The maximum Gasteiger partial charge on any atom is 0.243 e. The van der Waals surface area contributed by atoms with E-state index in [2.05, 4.69) is 16.0 Å². The summed E-state index contributed by atoms with van der Waals surface area (Å²) < 4.78 is 0. The summed E-state index contributed by atoms with van der Waals surface area (Å²) in [5.74, 6) is -1.58. The van der Waals surface area contributed by atoms with Crippen molar-refractivity contribution in [2.45, 2.75) is 56.7 Å². The van der Waals surface area contributed by atoms with Crippen LogP contribution in [0.3, 0.4) is 0 Å². The van der Waals surface area contributed by atoms with Gasteiger partial charge in [0.15, 0.2) is 0 Å². The third-order valence-corrected chi connectivity index (χ3v) is 6.59. The van der Waals surface area contributed by atoms with Crippen molar-refractivity contribution in [3.63, 3.8) is 0 Å². The number of hydrogen-bond acceptors (Lipinski definition) is 8. The summed E-state index contributed by atoms with van der Waals surface area (Å²) >= 11 is 0. The molecule has 1 aliphatic rings. The van der Waals surface area contributed by atoms with E-state index in [9.17, 15) is 24.6 Å². The topological polar surface area (TPSA) is 206 Å². The quantitative estimate of drug-likeness (QED) is 0.215. The third-order valence-electron chi connectivity index (χ3n) is 6.59. The first-order chi connectivity index (χ1) is 18.2. The van der Waals surface area contributed by atoms with E-state index < -0.39 is 35.8 Å². The zero-order valence-corrected chi connectivity index (χ0v) is 21.4. The summed E-state index contributed by atoms with van der Waals surface area (Å²) in [5.41, 5.74) is 19.7. The Hall–Kier alpha value is -3.67. The van der Waals surface area contributed by atoms with E-state index in [4.69, 9.17) is 17.2 Å². The average molecular weight is 527 g/mol. The Morgan fingerprint density at radius 2 is 1.47 bits per heavy atom. The minimum Gasteiger partial charge on any atom is -0.508 e. The maximum atomic E-state index is 13.3. The Balaban J connectivity index is 2.03. The van der Waals surface area contributed by atoms with Gasteiger partial charge in [0.05, 0.1) is 6.04 Å². The molecule has 0 aliphatic carbocycles. The second-order valence-electron chi connectivity index (χ2n) is 9.54. The largest absolute Gasteiger partial charge is 0.508 e. The highest BCUT2D eigenvalue weighted by molar-refractivity contribution is 5.93. The molecule has 206 valence electrons. The van der Waals surface area contributed by atoms with E-state index in [-0.39, 0.29) is 30.8 Å². The van der Waals surface area contributed by atoms with E-state index in [1.165, 1.54) is 12.1 Å². The summed E-state index contributed by atoms with van der Waals surface area (Å²) in [7, 11) is 0. The Bertz CT molecular complexity index is 1140. The molecule has 0 saturated heterocycles. The fraction of sp³-hybridized carbons (Fsp3) is 0.444. The van der Waals surface area contributed by atoms with Crippen LogP contribution in [0.5, 0.6) is 11.5 Å². The number of nitrogens with two attached hydrogens (primary N) is 3. The molecule has 0 radical (unpaired) electrons. The van der Waals surface area contributed by atoms with Crippen LogP contribution in [0.25, 0.3) is 11.1 Å². The van der Waals surface area contributed by atoms with Gasteiger partial charge < -0.3 is 43.4 Å². The molecule has 4 bridgehead atoms. The molecule has 0 spiro atoms. The first kappa shape index (κ1) is 28.9. The van der Waals surface area contributed by atoms with Gasteiger partial charge in [-0.25, -0.2) is 0 Å². The van der Waals surface area contributed by atoms with Crippen LogP contribution in [0.2, 0.25) is 0 Å². The van der Waals surface area contributed by atoms with Crippen LogP contribution < -0.4 is 33.2 Å². The van der Waals surface area contributed by atoms with Crippen molar-refractivity contribution < 1.29 is 24.6 Å². The zero-order valence-electron chi connectivity index (χ0n) is 21.4. The van der Waals surface area contributed by atoms with Gasteiger partial charge in [0.2, 0.25) is 17.7 Å². The van der Waals surface area contributed by atoms with Crippen molar-refractivity contribution in [3.8, 4) is 22.6 Å². The number of phenolic OH excluding ortho intramolecular Hbond substituents is 2. The lowest BCUT2D eigenvalue weighted by Crippen LogP contribution is -2.56. The fourth-order valence-electron chi connectivity index (χ4n) is 4.36. The highest BCUT2D eigenvalue weighted by Gasteiger charge is 2.29. The Morgan fingerprint density at radius 1 is 0.868 bits per heavy atom. The van der Waals surface area contributed by atoms with Gasteiger partial charge >= 0.3 is 0 Å². The monoisotopic (exact) mass is 526 g/mol. The molecule has 1 heterocycles. The number of phenols is 2. The van der Waals surface area contributed by atoms with Crippen molar-refractivity contribution in [1.82, 2.24) is 16.0 Å². The van der Waals surface area contributed by atoms with Crippen LogP contribution in [-0.4, -0.2) is 65.7 Å². The van der Waals surface area contributed by atoms with Crippen molar-refractivity contribution in [3.05, 3.63) is 47.5 Å². The van der Waals surface area contributed by atoms with Gasteiger partial charge in [-0.05, 0) is 85.3 Å². The van der Waals surface area contributed by atoms with E-state index in [1.807, 2.05) is 0 Å². The molecule has 0 saturated carbocycles. The van der Waals surface area contributed by atoms with Crippen LogP contribution in [-0.2, 0) is 27.2 Å². The number of fused-ring (bicyclic) bond motifs is 5. The van der Waals surface area contributed by atoms with Crippen LogP contribution in [0, 0.1) is 0 Å². The first-order valence-electron chi connectivity index (χ1n) is 12.9. The number of nitrogens with one attached hydrogen (secondary N) is 3. The molecular formula is C27H38N6O5. The molecule has 2 aromatic carbocycles. The zero-order chi connectivity index (χ0) is 27.7. The van der Waals surface area contributed by atoms with Gasteiger partial charge in [-0.3, -0.25) is 14.4 Å². The van der Waals surface area contributed by atoms with Gasteiger partial charge in [0.1, 0.15) is 23.6 Å². The lowest BCUT2D eigenvalue weighted by atomic mass is 9.95. The maximum absolute atomic E-state index is 13.3. The fourth-order valence-corrected chi connectivity index (χ4v) is 4.36. The average Bonchev–Trinajstić information content (AvgIpc) is 2.90. The van der Waals surface area contributed by atoms with E-state index >= 15 is 0 Å². The molecule has 0 aromatic heterocycles. The van der Waals surface area contributed by atoms with Crippen molar-refractivity contribution in [2.75, 3.05) is 19.6 Å². The molecule has 0 unspecified atom stereocenters. The predicted molar refractivity (Wildman–Crippen MR) is 144 cm³/mol. The molecule has 2 aromatic rings. The number of carbonyl (C=O) groups excluding carboxylic acids is 3. The summed E-state index contributed by atoms with van der Waals surface area (Å²) in [5, 5.41) is 29.2. The van der Waals surface area contributed by atoms with E-state index in [0.29, 0.717) is 43.6 Å².